The van der Waals surface area contributed by atoms with E-state index >= 15 is 0 Å². The van der Waals surface area contributed by atoms with Crippen molar-refractivity contribution < 1.29 is 9.53 Å². The molecular formula is C22H26N2O2. The van der Waals surface area contributed by atoms with E-state index in [1.165, 1.54) is 5.69 Å². The number of benzene rings is 2. The van der Waals surface area contributed by atoms with Crippen molar-refractivity contribution in [2.45, 2.75) is 20.0 Å². The van der Waals surface area contributed by atoms with E-state index in [2.05, 4.69) is 17.0 Å². The highest BCUT2D eigenvalue weighted by atomic mass is 16.5. The minimum atomic E-state index is 0.0629. The van der Waals surface area contributed by atoms with Crippen molar-refractivity contribution in [1.29, 1.82) is 0 Å². The smallest absolute Gasteiger partial charge is 0.246 e. The molecule has 0 unspecified atom stereocenters. The zero-order valence-corrected chi connectivity index (χ0v) is 15.5. The summed E-state index contributed by atoms with van der Waals surface area (Å²) in [5, 5.41) is 0. The number of amides is 1. The highest BCUT2D eigenvalue weighted by Crippen LogP contribution is 2.17. The molecule has 0 aliphatic carbocycles. The van der Waals surface area contributed by atoms with Crippen LogP contribution in [-0.2, 0) is 4.79 Å². The summed E-state index contributed by atoms with van der Waals surface area (Å²) in [5.74, 6) is 0.888. The van der Waals surface area contributed by atoms with Crippen molar-refractivity contribution in [2.24, 2.45) is 0 Å². The number of nitrogens with zero attached hydrogens (tertiary/aromatic N) is 2. The van der Waals surface area contributed by atoms with Crippen molar-refractivity contribution in [3.8, 4) is 5.75 Å². The van der Waals surface area contributed by atoms with Crippen LogP contribution in [0.3, 0.4) is 0 Å². The highest BCUT2D eigenvalue weighted by molar-refractivity contribution is 5.92. The van der Waals surface area contributed by atoms with Crippen LogP contribution in [0.1, 0.15) is 19.4 Å². The van der Waals surface area contributed by atoms with Gasteiger partial charge in [0, 0.05) is 37.9 Å². The first kappa shape index (κ1) is 18.1. The first-order valence-electron chi connectivity index (χ1n) is 9.15. The summed E-state index contributed by atoms with van der Waals surface area (Å²) in [7, 11) is 0. The van der Waals surface area contributed by atoms with E-state index in [4.69, 9.17) is 4.74 Å². The molecule has 0 bridgehead atoms. The molecule has 0 radical (unpaired) electrons. The van der Waals surface area contributed by atoms with Gasteiger partial charge in [0.15, 0.2) is 0 Å². The number of anilines is 1. The van der Waals surface area contributed by atoms with Gasteiger partial charge < -0.3 is 14.5 Å². The van der Waals surface area contributed by atoms with Gasteiger partial charge in [0.05, 0.1) is 6.10 Å². The molecule has 2 aromatic rings. The maximum Gasteiger partial charge on any atom is 0.246 e. The molecule has 0 N–H and O–H groups in total. The molecular weight excluding hydrogens is 324 g/mol. The van der Waals surface area contributed by atoms with Gasteiger partial charge in [-0.3, -0.25) is 4.79 Å². The van der Waals surface area contributed by atoms with Crippen molar-refractivity contribution >= 4 is 17.7 Å². The predicted molar refractivity (Wildman–Crippen MR) is 106 cm³/mol. The molecule has 1 heterocycles. The first-order chi connectivity index (χ1) is 12.6. The Kier molecular flexibility index (Phi) is 5.95. The van der Waals surface area contributed by atoms with Crippen molar-refractivity contribution in [2.75, 3.05) is 31.1 Å². The molecule has 0 atom stereocenters. The molecule has 1 aliphatic rings. The Labute approximate surface area is 155 Å². The summed E-state index contributed by atoms with van der Waals surface area (Å²) in [4.78, 5) is 16.7. The zero-order valence-electron chi connectivity index (χ0n) is 15.5. The molecule has 4 heteroatoms. The van der Waals surface area contributed by atoms with Gasteiger partial charge in [-0.1, -0.05) is 30.3 Å². The van der Waals surface area contributed by atoms with Crippen molar-refractivity contribution in [3.05, 3.63) is 66.2 Å². The average molecular weight is 350 g/mol. The Bertz CT molecular complexity index is 748. The van der Waals surface area contributed by atoms with Gasteiger partial charge >= 0.3 is 0 Å². The Morgan fingerprint density at radius 1 is 1.00 bits per heavy atom. The largest absolute Gasteiger partial charge is 0.491 e. The number of hydrogen-bond acceptors (Lipinski definition) is 3. The van der Waals surface area contributed by atoms with Gasteiger partial charge in [-0.15, -0.1) is 0 Å². The van der Waals surface area contributed by atoms with Crippen LogP contribution in [-0.4, -0.2) is 43.1 Å². The van der Waals surface area contributed by atoms with Crippen molar-refractivity contribution in [3.63, 3.8) is 0 Å². The Balaban J connectivity index is 1.55. The molecule has 26 heavy (non-hydrogen) atoms. The SMILES string of the molecule is CC(C)Oc1cccc(/C=C/C(=O)N2CCN(c3ccccc3)CC2)c1. The van der Waals surface area contributed by atoms with Gasteiger partial charge in [-0.25, -0.2) is 0 Å². The van der Waals surface area contributed by atoms with Crippen LogP contribution < -0.4 is 9.64 Å². The van der Waals surface area contributed by atoms with Gasteiger partial charge in [-0.2, -0.15) is 0 Å². The van der Waals surface area contributed by atoms with Crippen molar-refractivity contribution in [1.82, 2.24) is 4.90 Å². The van der Waals surface area contributed by atoms with Crippen LogP contribution >= 0.6 is 0 Å². The third-order valence-electron chi connectivity index (χ3n) is 4.36. The number of piperazine rings is 1. The Hall–Kier alpha value is -2.75. The number of hydrogen-bond donors (Lipinski definition) is 0. The van der Waals surface area contributed by atoms with Gasteiger partial charge in [0.25, 0.3) is 0 Å². The van der Waals surface area contributed by atoms with E-state index < -0.39 is 0 Å². The lowest BCUT2D eigenvalue weighted by Crippen LogP contribution is -2.48. The van der Waals surface area contributed by atoms with Gasteiger partial charge in [0.1, 0.15) is 5.75 Å². The molecule has 0 saturated carbocycles. The second-order valence-electron chi connectivity index (χ2n) is 6.72. The van der Waals surface area contributed by atoms with E-state index in [1.54, 1.807) is 6.08 Å². The molecule has 1 fully saturated rings. The molecule has 1 amide bonds. The number of carbonyl (C=O) groups excluding carboxylic acids is 1. The summed E-state index contributed by atoms with van der Waals surface area (Å²) < 4.78 is 5.70. The van der Waals surface area contributed by atoms with Gasteiger partial charge in [-0.05, 0) is 49.8 Å². The summed E-state index contributed by atoms with van der Waals surface area (Å²) >= 11 is 0. The fourth-order valence-corrected chi connectivity index (χ4v) is 3.06. The van der Waals surface area contributed by atoms with Crippen LogP contribution in [0, 0.1) is 0 Å². The molecule has 0 spiro atoms. The normalized spacial score (nSPS) is 14.9. The number of rotatable bonds is 5. The molecule has 136 valence electrons. The minimum absolute atomic E-state index is 0.0629. The predicted octanol–water partition coefficient (Wildman–Crippen LogP) is 3.84. The summed E-state index contributed by atoms with van der Waals surface area (Å²) in [6.07, 6.45) is 3.66. The van der Waals surface area contributed by atoms with E-state index in [9.17, 15) is 4.79 Å². The molecule has 4 nitrogen and oxygen atoms in total. The quantitative estimate of drug-likeness (QED) is 0.768. The molecule has 1 saturated heterocycles. The fraction of sp³-hybridized carbons (Fsp3) is 0.318. The number of carbonyl (C=O) groups is 1. The molecule has 0 aromatic heterocycles. The minimum Gasteiger partial charge on any atom is -0.491 e. The monoisotopic (exact) mass is 350 g/mol. The van der Waals surface area contributed by atoms with E-state index in [-0.39, 0.29) is 12.0 Å². The maximum absolute atomic E-state index is 12.5. The lowest BCUT2D eigenvalue weighted by atomic mass is 10.2. The van der Waals surface area contributed by atoms with E-state index in [1.807, 2.05) is 67.3 Å². The Morgan fingerprint density at radius 2 is 1.73 bits per heavy atom. The fourth-order valence-electron chi connectivity index (χ4n) is 3.06. The van der Waals surface area contributed by atoms with Crippen LogP contribution in [0.25, 0.3) is 6.08 Å². The van der Waals surface area contributed by atoms with Crippen LogP contribution in [0.4, 0.5) is 5.69 Å². The van der Waals surface area contributed by atoms with E-state index in [0.717, 1.165) is 37.5 Å². The standard InChI is InChI=1S/C22H26N2O2/c1-18(2)26-21-10-6-7-19(17-21)11-12-22(25)24-15-13-23(14-16-24)20-8-4-3-5-9-20/h3-12,17-18H,13-16H2,1-2H3/b12-11+. The maximum atomic E-state index is 12.5. The first-order valence-corrected chi connectivity index (χ1v) is 9.15. The van der Waals surface area contributed by atoms with Crippen LogP contribution in [0.5, 0.6) is 5.75 Å². The number of ether oxygens (including phenoxy) is 1. The Morgan fingerprint density at radius 3 is 2.42 bits per heavy atom. The lowest BCUT2D eigenvalue weighted by molar-refractivity contribution is -0.126. The number of para-hydroxylation sites is 1. The third-order valence-corrected chi connectivity index (χ3v) is 4.36. The highest BCUT2D eigenvalue weighted by Gasteiger charge is 2.19. The molecule has 1 aliphatic heterocycles. The second-order valence-corrected chi connectivity index (χ2v) is 6.72. The average Bonchev–Trinajstić information content (AvgIpc) is 2.67. The second kappa shape index (κ2) is 8.56. The van der Waals surface area contributed by atoms with E-state index in [0.29, 0.717) is 0 Å². The third kappa shape index (κ3) is 4.88. The molecule has 2 aromatic carbocycles. The zero-order chi connectivity index (χ0) is 18.4. The topological polar surface area (TPSA) is 32.8 Å². The summed E-state index contributed by atoms with van der Waals surface area (Å²) in [6.45, 7) is 7.22. The summed E-state index contributed by atoms with van der Waals surface area (Å²) in [5.41, 5.74) is 2.19. The summed E-state index contributed by atoms with van der Waals surface area (Å²) in [6, 6.07) is 18.2. The lowest BCUT2D eigenvalue weighted by Gasteiger charge is -2.35. The van der Waals surface area contributed by atoms with Crippen LogP contribution in [0.2, 0.25) is 0 Å². The molecule has 3 rings (SSSR count). The van der Waals surface area contributed by atoms with Gasteiger partial charge in [0.2, 0.25) is 5.91 Å². The van der Waals surface area contributed by atoms with Crippen LogP contribution in [0.15, 0.2) is 60.7 Å².